The van der Waals surface area contributed by atoms with Crippen LogP contribution < -0.4 is 5.32 Å². The molecule has 0 aliphatic carbocycles. The first-order valence-electron chi connectivity index (χ1n) is 8.60. The topological polar surface area (TPSA) is 29.1 Å². The van der Waals surface area contributed by atoms with Crippen molar-refractivity contribution >= 4 is 5.91 Å². The summed E-state index contributed by atoms with van der Waals surface area (Å²) < 4.78 is 0. The lowest BCUT2D eigenvalue weighted by Crippen LogP contribution is -2.27. The Hall–Kier alpha value is -2.09. The number of amides is 1. The summed E-state index contributed by atoms with van der Waals surface area (Å²) in [4.78, 5) is 11.5. The molecule has 2 rings (SSSR count). The van der Waals surface area contributed by atoms with E-state index in [2.05, 4.69) is 71.1 Å². The maximum atomic E-state index is 11.5. The van der Waals surface area contributed by atoms with E-state index in [9.17, 15) is 4.79 Å². The van der Waals surface area contributed by atoms with E-state index in [1.165, 1.54) is 44.5 Å². The molecular weight excluding hydrogens is 294 g/mol. The van der Waals surface area contributed by atoms with Crippen LogP contribution in [0.1, 0.15) is 57.3 Å². The minimum atomic E-state index is 0.0176. The molecule has 0 fully saturated rings. The van der Waals surface area contributed by atoms with Gasteiger partial charge in [0.2, 0.25) is 5.91 Å². The van der Waals surface area contributed by atoms with E-state index in [1.54, 1.807) is 6.92 Å². The van der Waals surface area contributed by atoms with Gasteiger partial charge in [0.25, 0.3) is 0 Å². The summed E-state index contributed by atoms with van der Waals surface area (Å²) in [5.74, 6) is 0.190. The van der Waals surface area contributed by atoms with Gasteiger partial charge >= 0.3 is 0 Å². The van der Waals surface area contributed by atoms with Crippen molar-refractivity contribution in [1.82, 2.24) is 5.32 Å². The van der Waals surface area contributed by atoms with Gasteiger partial charge in [-0.1, -0.05) is 35.4 Å². The molecule has 2 heteroatoms. The molecule has 0 aromatic heterocycles. The number of rotatable bonds is 4. The van der Waals surface area contributed by atoms with Gasteiger partial charge in [-0.2, -0.15) is 0 Å². The highest BCUT2D eigenvalue weighted by atomic mass is 16.1. The molecule has 1 amide bonds. The highest BCUT2D eigenvalue weighted by Crippen LogP contribution is 2.33. The second kappa shape index (κ2) is 7.21. The Balaban J connectivity index is 2.64. The number of hydrogen-bond acceptors (Lipinski definition) is 1. The van der Waals surface area contributed by atoms with Crippen molar-refractivity contribution in [3.05, 3.63) is 68.8 Å². The second-order valence-corrected chi connectivity index (χ2v) is 7.08. The lowest BCUT2D eigenvalue weighted by Gasteiger charge is -2.25. The summed E-state index contributed by atoms with van der Waals surface area (Å²) in [6, 6.07) is 8.99. The molecule has 128 valence electrons. The Labute approximate surface area is 146 Å². The van der Waals surface area contributed by atoms with E-state index in [-0.39, 0.29) is 11.8 Å². The van der Waals surface area contributed by atoms with Crippen molar-refractivity contribution in [3.63, 3.8) is 0 Å². The van der Waals surface area contributed by atoms with Gasteiger partial charge < -0.3 is 5.32 Å². The molecule has 0 saturated carbocycles. The van der Waals surface area contributed by atoms with Crippen LogP contribution in [0.5, 0.6) is 0 Å². The molecule has 1 N–H and O–H groups in total. The molecule has 0 saturated heterocycles. The van der Waals surface area contributed by atoms with Gasteiger partial charge in [0, 0.05) is 19.4 Å². The van der Waals surface area contributed by atoms with Crippen molar-refractivity contribution in [2.24, 2.45) is 0 Å². The van der Waals surface area contributed by atoms with Crippen LogP contribution in [0, 0.1) is 41.5 Å². The molecule has 2 aromatic rings. The molecule has 2 aromatic carbocycles. The predicted molar refractivity (Wildman–Crippen MR) is 102 cm³/mol. The Kier molecular flexibility index (Phi) is 5.48. The zero-order chi connectivity index (χ0) is 18.0. The lowest BCUT2D eigenvalue weighted by atomic mass is 9.82. The Morgan fingerprint density at radius 1 is 0.833 bits per heavy atom. The van der Waals surface area contributed by atoms with E-state index < -0.39 is 0 Å². The number of hydrogen-bond donors (Lipinski definition) is 1. The molecule has 0 atom stereocenters. The average Bonchev–Trinajstić information content (AvgIpc) is 2.48. The van der Waals surface area contributed by atoms with Gasteiger partial charge in [-0.05, 0) is 74.9 Å². The molecule has 24 heavy (non-hydrogen) atoms. The van der Waals surface area contributed by atoms with Crippen LogP contribution in [0.3, 0.4) is 0 Å². The van der Waals surface area contributed by atoms with Gasteiger partial charge in [-0.15, -0.1) is 0 Å². The summed E-state index contributed by atoms with van der Waals surface area (Å²) in [5.41, 5.74) is 10.4. The average molecular weight is 323 g/mol. The van der Waals surface area contributed by atoms with Crippen LogP contribution in [-0.4, -0.2) is 12.5 Å². The van der Waals surface area contributed by atoms with E-state index in [0.717, 1.165) is 0 Å². The van der Waals surface area contributed by atoms with Crippen molar-refractivity contribution in [3.8, 4) is 0 Å². The monoisotopic (exact) mass is 323 g/mol. The fourth-order valence-electron chi connectivity index (χ4n) is 3.50. The maximum Gasteiger partial charge on any atom is 0.216 e. The highest BCUT2D eigenvalue weighted by Gasteiger charge is 2.21. The van der Waals surface area contributed by atoms with Gasteiger partial charge in [0.05, 0.1) is 0 Å². The summed E-state index contributed by atoms with van der Waals surface area (Å²) in [6.07, 6.45) is 0. The maximum absolute atomic E-state index is 11.5. The number of carbonyl (C=O) groups is 1. The van der Waals surface area contributed by atoms with Gasteiger partial charge in [-0.25, -0.2) is 0 Å². The summed E-state index contributed by atoms with van der Waals surface area (Å²) in [6.45, 7) is 15.2. The fourth-order valence-corrected chi connectivity index (χ4v) is 3.50. The standard InChI is InChI=1S/C22H29NO/c1-13-8-15(3)17(5)20(10-13)22(12-23-19(7)24)21-11-14(2)9-16(4)18(21)6/h8-11,22H,12H2,1-7H3,(H,23,24). The molecule has 0 heterocycles. The van der Waals surface area contributed by atoms with Crippen molar-refractivity contribution in [1.29, 1.82) is 0 Å². The zero-order valence-corrected chi connectivity index (χ0v) is 16.0. The first-order valence-corrected chi connectivity index (χ1v) is 8.60. The SMILES string of the molecule is CC(=O)NCC(c1cc(C)cc(C)c1C)c1cc(C)cc(C)c1C. The normalized spacial score (nSPS) is 11.0. The first-order chi connectivity index (χ1) is 11.2. The van der Waals surface area contributed by atoms with E-state index in [1.807, 2.05) is 0 Å². The molecule has 0 bridgehead atoms. The van der Waals surface area contributed by atoms with Crippen LogP contribution >= 0.6 is 0 Å². The second-order valence-electron chi connectivity index (χ2n) is 7.08. The number of carbonyl (C=O) groups excluding carboxylic acids is 1. The minimum Gasteiger partial charge on any atom is -0.355 e. The Morgan fingerprint density at radius 3 is 1.62 bits per heavy atom. The highest BCUT2D eigenvalue weighted by molar-refractivity contribution is 5.73. The van der Waals surface area contributed by atoms with Gasteiger partial charge in [-0.3, -0.25) is 4.79 Å². The minimum absolute atomic E-state index is 0.0176. The van der Waals surface area contributed by atoms with Crippen molar-refractivity contribution in [2.75, 3.05) is 6.54 Å². The number of aryl methyl sites for hydroxylation is 4. The first kappa shape index (κ1) is 18.3. The molecule has 0 aliphatic heterocycles. The van der Waals surface area contributed by atoms with Crippen LogP contribution in [0.2, 0.25) is 0 Å². The molecule has 0 spiro atoms. The van der Waals surface area contributed by atoms with E-state index in [4.69, 9.17) is 0 Å². The Morgan fingerprint density at radius 2 is 1.25 bits per heavy atom. The third kappa shape index (κ3) is 3.87. The van der Waals surface area contributed by atoms with Crippen molar-refractivity contribution < 1.29 is 4.79 Å². The molecular formula is C22H29NO. The number of benzene rings is 2. The molecule has 0 aliphatic rings. The predicted octanol–water partition coefficient (Wildman–Crippen LogP) is 4.81. The lowest BCUT2D eigenvalue weighted by molar-refractivity contribution is -0.118. The quantitative estimate of drug-likeness (QED) is 0.860. The van der Waals surface area contributed by atoms with Crippen LogP contribution in [-0.2, 0) is 4.79 Å². The fraction of sp³-hybridized carbons (Fsp3) is 0.409. The zero-order valence-electron chi connectivity index (χ0n) is 16.0. The van der Waals surface area contributed by atoms with Crippen LogP contribution in [0.25, 0.3) is 0 Å². The van der Waals surface area contributed by atoms with Crippen LogP contribution in [0.4, 0.5) is 0 Å². The van der Waals surface area contributed by atoms with Crippen molar-refractivity contribution in [2.45, 2.75) is 54.4 Å². The Bertz CT molecular complexity index is 717. The number of nitrogens with one attached hydrogen (secondary N) is 1. The summed E-state index contributed by atoms with van der Waals surface area (Å²) >= 11 is 0. The van der Waals surface area contributed by atoms with Gasteiger partial charge in [0.15, 0.2) is 0 Å². The summed E-state index contributed by atoms with van der Waals surface area (Å²) in [7, 11) is 0. The third-order valence-electron chi connectivity index (χ3n) is 5.01. The largest absolute Gasteiger partial charge is 0.355 e. The van der Waals surface area contributed by atoms with E-state index >= 15 is 0 Å². The summed E-state index contributed by atoms with van der Waals surface area (Å²) in [5, 5.41) is 3.04. The smallest absolute Gasteiger partial charge is 0.216 e. The van der Waals surface area contributed by atoms with E-state index in [0.29, 0.717) is 6.54 Å². The molecule has 0 radical (unpaired) electrons. The van der Waals surface area contributed by atoms with Gasteiger partial charge in [0.1, 0.15) is 0 Å². The molecule has 2 nitrogen and oxygen atoms in total. The third-order valence-corrected chi connectivity index (χ3v) is 5.01. The molecule has 0 unspecified atom stereocenters. The van der Waals surface area contributed by atoms with Crippen LogP contribution in [0.15, 0.2) is 24.3 Å².